The molecule has 0 bridgehead atoms. The minimum absolute atomic E-state index is 0.111. The highest BCUT2D eigenvalue weighted by atomic mass is 35.5. The fraction of sp³-hybridized carbons (Fsp3) is 0.0769. The molecule has 1 N–H and O–H groups in total. The summed E-state index contributed by atoms with van der Waals surface area (Å²) in [6.45, 7) is 0.354. The van der Waals surface area contributed by atoms with Gasteiger partial charge in [0.2, 0.25) is 0 Å². The Bertz CT molecular complexity index is 775. The van der Waals surface area contributed by atoms with Gasteiger partial charge in [-0.05, 0) is 23.8 Å². The third kappa shape index (κ3) is 2.44. The lowest BCUT2D eigenvalue weighted by atomic mass is 10.2. The lowest BCUT2D eigenvalue weighted by Gasteiger charge is -2.10. The first-order valence-corrected chi connectivity index (χ1v) is 7.23. The number of rotatable bonds is 3. The van der Waals surface area contributed by atoms with Crippen LogP contribution in [0.25, 0.3) is 11.0 Å². The zero-order chi connectivity index (χ0) is 14.1. The lowest BCUT2D eigenvalue weighted by Crippen LogP contribution is -2.02. The zero-order valence-electron chi connectivity index (χ0n) is 10.0. The summed E-state index contributed by atoms with van der Waals surface area (Å²) < 4.78 is 21.7. The smallest absolute Gasteiger partial charge is 0.142 e. The number of nitrogens with zero attached hydrogens (tertiary/aromatic N) is 2. The molecule has 0 spiro atoms. The van der Waals surface area contributed by atoms with Crippen LogP contribution in [0.2, 0.25) is 10.0 Å². The average molecular weight is 328 g/mol. The van der Waals surface area contributed by atoms with Crippen LogP contribution in [-0.4, -0.2) is 8.75 Å². The number of benzene rings is 2. The van der Waals surface area contributed by atoms with E-state index in [1.807, 2.05) is 6.07 Å². The molecule has 0 atom stereocenters. The summed E-state index contributed by atoms with van der Waals surface area (Å²) in [5.74, 6) is -0.439. The van der Waals surface area contributed by atoms with E-state index in [9.17, 15) is 4.39 Å². The largest absolute Gasteiger partial charge is 0.378 e. The van der Waals surface area contributed by atoms with Crippen LogP contribution in [0.1, 0.15) is 5.56 Å². The Hall–Kier alpha value is -1.43. The first kappa shape index (κ1) is 13.5. The third-order valence-corrected chi connectivity index (χ3v) is 4.15. The van der Waals surface area contributed by atoms with Crippen molar-refractivity contribution in [1.29, 1.82) is 0 Å². The van der Waals surface area contributed by atoms with Crippen molar-refractivity contribution in [1.82, 2.24) is 8.75 Å². The van der Waals surface area contributed by atoms with Crippen molar-refractivity contribution in [3.63, 3.8) is 0 Å². The number of hydrogen-bond donors (Lipinski definition) is 1. The molecule has 2 aromatic carbocycles. The maximum atomic E-state index is 13.4. The summed E-state index contributed by atoms with van der Waals surface area (Å²) in [6, 6.07) is 8.25. The molecular formula is C13H8Cl2FN3S. The highest BCUT2D eigenvalue weighted by Crippen LogP contribution is 2.31. The molecule has 0 aliphatic carbocycles. The molecule has 0 saturated heterocycles. The van der Waals surface area contributed by atoms with Crippen molar-refractivity contribution in [3.05, 3.63) is 51.8 Å². The Morgan fingerprint density at radius 2 is 2.00 bits per heavy atom. The van der Waals surface area contributed by atoms with Crippen molar-refractivity contribution >= 4 is 51.7 Å². The third-order valence-electron chi connectivity index (χ3n) is 2.86. The lowest BCUT2D eigenvalue weighted by molar-refractivity contribution is 0.626. The van der Waals surface area contributed by atoms with E-state index < -0.39 is 5.82 Å². The second kappa shape index (κ2) is 5.52. The number of aromatic nitrogens is 2. The molecule has 0 aliphatic rings. The monoisotopic (exact) mass is 327 g/mol. The van der Waals surface area contributed by atoms with Gasteiger partial charge in [0.05, 0.1) is 27.5 Å². The van der Waals surface area contributed by atoms with Crippen molar-refractivity contribution in [2.24, 2.45) is 0 Å². The van der Waals surface area contributed by atoms with Crippen molar-refractivity contribution < 1.29 is 4.39 Å². The number of hydrogen-bond acceptors (Lipinski definition) is 4. The topological polar surface area (TPSA) is 37.8 Å². The second-order valence-electron chi connectivity index (χ2n) is 4.12. The predicted molar refractivity (Wildman–Crippen MR) is 81.2 cm³/mol. The van der Waals surface area contributed by atoms with Gasteiger partial charge in [-0.2, -0.15) is 8.75 Å². The Balaban J connectivity index is 1.92. The number of anilines is 1. The summed E-state index contributed by atoms with van der Waals surface area (Å²) >= 11 is 13.2. The number of halogens is 3. The fourth-order valence-electron chi connectivity index (χ4n) is 1.86. The Morgan fingerprint density at radius 1 is 1.15 bits per heavy atom. The highest BCUT2D eigenvalue weighted by molar-refractivity contribution is 7.00. The molecule has 0 fully saturated rings. The van der Waals surface area contributed by atoms with Gasteiger partial charge in [0.15, 0.2) is 0 Å². The minimum atomic E-state index is -0.439. The van der Waals surface area contributed by atoms with Crippen LogP contribution in [0.15, 0.2) is 30.3 Å². The molecule has 1 aromatic heterocycles. The summed E-state index contributed by atoms with van der Waals surface area (Å²) in [5, 5.41) is 3.80. The van der Waals surface area contributed by atoms with Gasteiger partial charge in [0, 0.05) is 6.54 Å². The summed E-state index contributed by atoms with van der Waals surface area (Å²) in [7, 11) is 0. The van der Waals surface area contributed by atoms with Crippen LogP contribution in [0.5, 0.6) is 0 Å². The van der Waals surface area contributed by atoms with Crippen LogP contribution in [0.4, 0.5) is 10.1 Å². The van der Waals surface area contributed by atoms with Gasteiger partial charge in [-0.3, -0.25) is 0 Å². The molecule has 0 aliphatic heterocycles. The number of nitrogens with one attached hydrogen (secondary N) is 1. The maximum Gasteiger partial charge on any atom is 0.142 e. The maximum absolute atomic E-state index is 13.4. The first-order valence-electron chi connectivity index (χ1n) is 5.74. The first-order chi connectivity index (χ1) is 9.66. The minimum Gasteiger partial charge on any atom is -0.378 e. The van der Waals surface area contributed by atoms with E-state index in [-0.39, 0.29) is 5.02 Å². The van der Waals surface area contributed by atoms with Gasteiger partial charge in [-0.25, -0.2) is 4.39 Å². The summed E-state index contributed by atoms with van der Waals surface area (Å²) in [6.07, 6.45) is 0. The normalized spacial score (nSPS) is 10.9. The molecule has 20 heavy (non-hydrogen) atoms. The second-order valence-corrected chi connectivity index (χ2v) is 5.43. The Kier molecular flexibility index (Phi) is 3.74. The van der Waals surface area contributed by atoms with Crippen LogP contribution >= 0.6 is 34.9 Å². The van der Waals surface area contributed by atoms with Gasteiger partial charge < -0.3 is 5.32 Å². The van der Waals surface area contributed by atoms with Crippen molar-refractivity contribution in [2.45, 2.75) is 6.54 Å². The molecule has 3 rings (SSSR count). The van der Waals surface area contributed by atoms with E-state index >= 15 is 0 Å². The summed E-state index contributed by atoms with van der Waals surface area (Å²) in [5.41, 5.74) is 2.81. The Morgan fingerprint density at radius 3 is 2.85 bits per heavy atom. The van der Waals surface area contributed by atoms with Gasteiger partial charge >= 0.3 is 0 Å². The number of fused-ring (bicyclic) bond motifs is 1. The summed E-state index contributed by atoms with van der Waals surface area (Å²) in [4.78, 5) is 0. The van der Waals surface area contributed by atoms with E-state index in [0.29, 0.717) is 28.3 Å². The van der Waals surface area contributed by atoms with Crippen LogP contribution < -0.4 is 5.32 Å². The van der Waals surface area contributed by atoms with Crippen LogP contribution in [0.3, 0.4) is 0 Å². The van der Waals surface area contributed by atoms with E-state index in [4.69, 9.17) is 23.2 Å². The fourth-order valence-corrected chi connectivity index (χ4v) is 2.82. The van der Waals surface area contributed by atoms with E-state index in [1.165, 1.54) is 6.07 Å². The Labute approximate surface area is 128 Å². The van der Waals surface area contributed by atoms with Gasteiger partial charge in [-0.15, -0.1) is 0 Å². The standard InChI is InChI=1S/C13H8Cl2FN3S/c14-8-4-5-10-13(19-20-18-10)12(8)17-6-7-2-1-3-9(16)11(7)15/h1-5,17H,6H2. The SMILES string of the molecule is Fc1cccc(CNc2c(Cl)ccc3nsnc23)c1Cl. The molecular weight excluding hydrogens is 320 g/mol. The molecule has 7 heteroatoms. The van der Waals surface area contributed by atoms with Crippen molar-refractivity contribution in [3.8, 4) is 0 Å². The van der Waals surface area contributed by atoms with Crippen molar-refractivity contribution in [2.75, 3.05) is 5.32 Å². The zero-order valence-corrected chi connectivity index (χ0v) is 12.4. The van der Waals surface area contributed by atoms with E-state index in [0.717, 1.165) is 17.2 Å². The van der Waals surface area contributed by atoms with Gasteiger partial charge in [0.25, 0.3) is 0 Å². The van der Waals surface area contributed by atoms with Crippen LogP contribution in [0, 0.1) is 5.82 Å². The quantitative estimate of drug-likeness (QED) is 0.754. The van der Waals surface area contributed by atoms with Gasteiger partial charge in [0.1, 0.15) is 16.9 Å². The average Bonchev–Trinajstić information content (AvgIpc) is 2.90. The molecule has 0 unspecified atom stereocenters. The molecule has 0 radical (unpaired) electrons. The molecule has 3 aromatic rings. The van der Waals surface area contributed by atoms with Crippen LogP contribution in [-0.2, 0) is 6.54 Å². The molecule has 0 amide bonds. The van der Waals surface area contributed by atoms with Gasteiger partial charge in [-0.1, -0.05) is 35.3 Å². The molecule has 0 saturated carbocycles. The molecule has 102 valence electrons. The van der Waals surface area contributed by atoms with E-state index in [2.05, 4.69) is 14.1 Å². The van der Waals surface area contributed by atoms with E-state index in [1.54, 1.807) is 18.2 Å². The highest BCUT2D eigenvalue weighted by Gasteiger charge is 2.11. The predicted octanol–water partition coefficient (Wildman–Crippen LogP) is 4.75. The molecule has 1 heterocycles. The molecule has 3 nitrogen and oxygen atoms in total.